The van der Waals surface area contributed by atoms with E-state index in [1.54, 1.807) is 23.9 Å². The summed E-state index contributed by atoms with van der Waals surface area (Å²) in [6.45, 7) is 0. The zero-order valence-electron chi connectivity index (χ0n) is 10.8. The second kappa shape index (κ2) is 4.66. The number of allylic oxidation sites excluding steroid dienone is 1. The van der Waals surface area contributed by atoms with Crippen LogP contribution in [-0.2, 0) is 4.79 Å². The first kappa shape index (κ1) is 12.5. The van der Waals surface area contributed by atoms with Gasteiger partial charge in [-0.25, -0.2) is 4.39 Å². The van der Waals surface area contributed by atoms with Crippen LogP contribution in [0.15, 0.2) is 35.5 Å². The number of rotatable bonds is 1. The number of thioether (sulfide) groups is 1. The molecular formula is C13H10FN5OS. The first-order chi connectivity index (χ1) is 10.2. The molecule has 2 aliphatic heterocycles. The van der Waals surface area contributed by atoms with Crippen LogP contribution in [0.4, 0.5) is 10.3 Å². The van der Waals surface area contributed by atoms with Gasteiger partial charge in [0.05, 0.1) is 5.75 Å². The summed E-state index contributed by atoms with van der Waals surface area (Å²) in [5.74, 6) is 1.27. The minimum absolute atomic E-state index is 0.0316. The van der Waals surface area contributed by atoms with Gasteiger partial charge in [-0.05, 0) is 28.1 Å². The molecule has 6 nitrogen and oxygen atoms in total. The van der Waals surface area contributed by atoms with Crippen molar-refractivity contribution in [2.45, 2.75) is 6.04 Å². The Morgan fingerprint density at radius 1 is 1.38 bits per heavy atom. The number of anilines is 1. The third-order valence-corrected chi connectivity index (χ3v) is 4.50. The summed E-state index contributed by atoms with van der Waals surface area (Å²) in [6.07, 6.45) is 0. The number of aromatic nitrogens is 4. The normalized spacial score (nSPS) is 20.8. The second-order valence-electron chi connectivity index (χ2n) is 4.84. The number of carbonyl (C=O) groups excluding carboxylic acids is 1. The van der Waals surface area contributed by atoms with Gasteiger partial charge in [0.1, 0.15) is 11.9 Å². The van der Waals surface area contributed by atoms with Crippen LogP contribution in [0.2, 0.25) is 0 Å². The Kier molecular flexibility index (Phi) is 2.78. The Morgan fingerprint density at radius 2 is 2.29 bits per heavy atom. The SMILES string of the molecule is O=C1CSCC2=C1C(c1cccc(F)c1)n1nnnc1N2. The number of tetrazole rings is 1. The first-order valence-electron chi connectivity index (χ1n) is 6.38. The van der Waals surface area contributed by atoms with E-state index in [0.717, 1.165) is 5.70 Å². The highest BCUT2D eigenvalue weighted by molar-refractivity contribution is 8.00. The quantitative estimate of drug-likeness (QED) is 0.858. The lowest BCUT2D eigenvalue weighted by atomic mass is 9.93. The molecule has 0 fully saturated rings. The summed E-state index contributed by atoms with van der Waals surface area (Å²) < 4.78 is 15.1. The van der Waals surface area contributed by atoms with Gasteiger partial charge in [0.25, 0.3) is 0 Å². The number of fused-ring (bicyclic) bond motifs is 1. The second-order valence-corrected chi connectivity index (χ2v) is 5.82. The molecule has 1 N–H and O–H groups in total. The first-order valence-corrected chi connectivity index (χ1v) is 7.54. The molecule has 4 rings (SSSR count). The molecule has 2 aliphatic rings. The van der Waals surface area contributed by atoms with Crippen molar-refractivity contribution in [3.8, 4) is 0 Å². The average molecular weight is 303 g/mol. The number of nitrogens with zero attached hydrogens (tertiary/aromatic N) is 4. The van der Waals surface area contributed by atoms with Crippen LogP contribution in [0, 0.1) is 5.82 Å². The maximum atomic E-state index is 13.6. The van der Waals surface area contributed by atoms with Crippen LogP contribution in [0.5, 0.6) is 0 Å². The van der Waals surface area contributed by atoms with Gasteiger partial charge in [-0.3, -0.25) is 4.79 Å². The summed E-state index contributed by atoms with van der Waals surface area (Å²) in [5, 5.41) is 14.6. The van der Waals surface area contributed by atoms with E-state index in [4.69, 9.17) is 0 Å². The molecule has 2 aromatic rings. The molecule has 0 spiro atoms. The van der Waals surface area contributed by atoms with Crippen molar-refractivity contribution in [2.24, 2.45) is 0 Å². The maximum Gasteiger partial charge on any atom is 0.248 e. The number of halogens is 1. The highest BCUT2D eigenvalue weighted by Gasteiger charge is 2.36. The van der Waals surface area contributed by atoms with Crippen LogP contribution >= 0.6 is 11.8 Å². The number of hydrogen-bond donors (Lipinski definition) is 1. The molecule has 1 atom stereocenters. The molecule has 1 aromatic carbocycles. The summed E-state index contributed by atoms with van der Waals surface area (Å²) in [5.41, 5.74) is 2.10. The van der Waals surface area contributed by atoms with Gasteiger partial charge >= 0.3 is 0 Å². The number of nitrogens with one attached hydrogen (secondary N) is 1. The fourth-order valence-corrected chi connectivity index (χ4v) is 3.56. The number of carbonyl (C=O) groups is 1. The van der Waals surface area contributed by atoms with Crippen molar-refractivity contribution in [2.75, 3.05) is 16.8 Å². The molecule has 8 heteroatoms. The molecule has 0 radical (unpaired) electrons. The molecule has 21 heavy (non-hydrogen) atoms. The molecule has 0 amide bonds. The van der Waals surface area contributed by atoms with E-state index in [-0.39, 0.29) is 11.6 Å². The zero-order chi connectivity index (χ0) is 14.4. The molecule has 106 valence electrons. The van der Waals surface area contributed by atoms with Gasteiger partial charge in [-0.2, -0.15) is 4.68 Å². The predicted molar refractivity (Wildman–Crippen MR) is 75.3 cm³/mol. The van der Waals surface area contributed by atoms with Gasteiger partial charge in [0.15, 0.2) is 5.78 Å². The molecule has 1 unspecified atom stereocenters. The molecule has 0 saturated carbocycles. The summed E-state index contributed by atoms with van der Waals surface area (Å²) in [6, 6.07) is 5.72. The summed E-state index contributed by atoms with van der Waals surface area (Å²) in [4.78, 5) is 12.3. The van der Waals surface area contributed by atoms with Gasteiger partial charge in [0, 0.05) is 17.0 Å². The molecule has 1 aromatic heterocycles. The monoisotopic (exact) mass is 303 g/mol. The smallest absolute Gasteiger partial charge is 0.248 e. The van der Waals surface area contributed by atoms with E-state index in [0.29, 0.717) is 28.6 Å². The Balaban J connectivity index is 1.93. The van der Waals surface area contributed by atoms with E-state index in [1.165, 1.54) is 16.8 Å². The standard InChI is InChI=1S/C13H10FN5OS/c14-8-3-1-2-7(4-8)12-11-9(5-21-6-10(11)20)15-13-16-17-18-19(12)13/h1-4,12H,5-6H2,(H,15,16,18). The topological polar surface area (TPSA) is 72.7 Å². The predicted octanol–water partition coefficient (Wildman–Crippen LogP) is 1.40. The van der Waals surface area contributed by atoms with Crippen molar-refractivity contribution in [3.63, 3.8) is 0 Å². The van der Waals surface area contributed by atoms with Gasteiger partial charge in [-0.1, -0.05) is 17.2 Å². The highest BCUT2D eigenvalue weighted by Crippen LogP contribution is 2.38. The van der Waals surface area contributed by atoms with Crippen LogP contribution < -0.4 is 5.32 Å². The lowest BCUT2D eigenvalue weighted by Crippen LogP contribution is -2.33. The Morgan fingerprint density at radius 3 is 3.14 bits per heavy atom. The van der Waals surface area contributed by atoms with Crippen molar-refractivity contribution in [3.05, 3.63) is 46.9 Å². The summed E-state index contributed by atoms with van der Waals surface area (Å²) in [7, 11) is 0. The lowest BCUT2D eigenvalue weighted by Gasteiger charge is -2.31. The van der Waals surface area contributed by atoms with E-state index < -0.39 is 6.04 Å². The number of ketones is 1. The van der Waals surface area contributed by atoms with Crippen LogP contribution in [0.1, 0.15) is 11.6 Å². The molecule has 0 aliphatic carbocycles. The van der Waals surface area contributed by atoms with Gasteiger partial charge < -0.3 is 5.32 Å². The number of benzene rings is 1. The van der Waals surface area contributed by atoms with E-state index >= 15 is 0 Å². The fraction of sp³-hybridized carbons (Fsp3) is 0.231. The molecule has 0 bridgehead atoms. The fourth-order valence-electron chi connectivity index (χ4n) is 2.68. The van der Waals surface area contributed by atoms with Crippen LogP contribution in [-0.4, -0.2) is 37.5 Å². The van der Waals surface area contributed by atoms with Crippen LogP contribution in [0.25, 0.3) is 0 Å². The van der Waals surface area contributed by atoms with E-state index in [1.807, 2.05) is 0 Å². The lowest BCUT2D eigenvalue weighted by molar-refractivity contribution is -0.113. The van der Waals surface area contributed by atoms with Crippen LogP contribution in [0.3, 0.4) is 0 Å². The molecular weight excluding hydrogens is 293 g/mol. The van der Waals surface area contributed by atoms with E-state index in [2.05, 4.69) is 20.8 Å². The maximum absolute atomic E-state index is 13.6. The van der Waals surface area contributed by atoms with Crippen molar-refractivity contribution in [1.29, 1.82) is 0 Å². The van der Waals surface area contributed by atoms with Crippen molar-refractivity contribution >= 4 is 23.5 Å². The molecule has 3 heterocycles. The minimum atomic E-state index is -0.477. The molecule has 0 saturated heterocycles. The van der Waals surface area contributed by atoms with E-state index in [9.17, 15) is 9.18 Å². The van der Waals surface area contributed by atoms with Crippen molar-refractivity contribution < 1.29 is 9.18 Å². The third-order valence-electron chi connectivity index (χ3n) is 3.54. The third kappa shape index (κ3) is 1.94. The Bertz CT molecular complexity index is 771. The Labute approximate surface area is 123 Å². The summed E-state index contributed by atoms with van der Waals surface area (Å²) >= 11 is 1.54. The Hall–Kier alpha value is -2.22. The van der Waals surface area contributed by atoms with Gasteiger partial charge in [-0.15, -0.1) is 11.8 Å². The number of Topliss-reactive ketones (excluding diaryl/α,β-unsaturated/α-hetero) is 1. The minimum Gasteiger partial charge on any atom is -0.325 e. The highest BCUT2D eigenvalue weighted by atomic mass is 32.2. The largest absolute Gasteiger partial charge is 0.325 e. The van der Waals surface area contributed by atoms with Gasteiger partial charge in [0.2, 0.25) is 5.95 Å². The number of hydrogen-bond acceptors (Lipinski definition) is 6. The average Bonchev–Trinajstić information content (AvgIpc) is 2.93. The van der Waals surface area contributed by atoms with Crippen molar-refractivity contribution in [1.82, 2.24) is 20.2 Å². The zero-order valence-corrected chi connectivity index (χ0v) is 11.6.